The standard InChI is InChI=1S/C19H33N5O3S/c1-16-14-23(15-17(2)27-16)8-4-7-20-19-6-5-18(13-21-19)28(25,26)24-11-9-22(3)10-12-24/h5-6,13,16-17H,4,7-12,14-15H2,1-3H3,(H,20,21). The van der Waals surface area contributed by atoms with Crippen molar-refractivity contribution in [2.45, 2.75) is 37.4 Å². The van der Waals surface area contributed by atoms with Crippen molar-refractivity contribution in [3.05, 3.63) is 18.3 Å². The van der Waals surface area contributed by atoms with E-state index in [1.54, 1.807) is 16.4 Å². The van der Waals surface area contributed by atoms with Gasteiger partial charge >= 0.3 is 0 Å². The van der Waals surface area contributed by atoms with Crippen LogP contribution in [-0.2, 0) is 14.8 Å². The SMILES string of the molecule is CC1CN(CCCNc2ccc(S(=O)(=O)N3CCN(C)CC3)cn2)CC(C)O1. The molecule has 1 aromatic rings. The zero-order valence-corrected chi connectivity index (χ0v) is 18.0. The lowest BCUT2D eigenvalue weighted by Gasteiger charge is -2.35. The first-order valence-electron chi connectivity index (χ1n) is 10.1. The zero-order chi connectivity index (χ0) is 20.1. The Kier molecular flexibility index (Phi) is 7.27. The maximum atomic E-state index is 12.7. The van der Waals surface area contributed by atoms with E-state index in [9.17, 15) is 8.42 Å². The first-order valence-corrected chi connectivity index (χ1v) is 11.5. The van der Waals surface area contributed by atoms with Crippen LogP contribution in [-0.4, -0.2) is 99.1 Å². The number of pyridine rings is 1. The molecular formula is C19H33N5O3S. The normalized spacial score (nSPS) is 25.7. The predicted octanol–water partition coefficient (Wildman–Crippen LogP) is 0.929. The van der Waals surface area contributed by atoms with Crippen LogP contribution in [0.4, 0.5) is 5.82 Å². The van der Waals surface area contributed by atoms with Gasteiger partial charge in [0.1, 0.15) is 10.7 Å². The molecule has 2 fully saturated rings. The monoisotopic (exact) mass is 411 g/mol. The molecule has 9 heteroatoms. The van der Waals surface area contributed by atoms with E-state index in [1.165, 1.54) is 6.20 Å². The molecule has 2 atom stereocenters. The van der Waals surface area contributed by atoms with Crippen molar-refractivity contribution in [3.8, 4) is 0 Å². The number of likely N-dealkylation sites (N-methyl/N-ethyl adjacent to an activating group) is 1. The summed E-state index contributed by atoms with van der Waals surface area (Å²) in [6, 6.07) is 3.40. The largest absolute Gasteiger partial charge is 0.373 e. The fraction of sp³-hybridized carbons (Fsp3) is 0.737. The van der Waals surface area contributed by atoms with Crippen molar-refractivity contribution in [1.82, 2.24) is 19.1 Å². The van der Waals surface area contributed by atoms with E-state index in [0.717, 1.165) is 45.7 Å². The molecule has 8 nitrogen and oxygen atoms in total. The Morgan fingerprint density at radius 1 is 1.14 bits per heavy atom. The third-order valence-corrected chi connectivity index (χ3v) is 7.17. The molecule has 2 unspecified atom stereocenters. The number of aromatic nitrogens is 1. The summed E-state index contributed by atoms with van der Waals surface area (Å²) in [5.74, 6) is 0.709. The summed E-state index contributed by atoms with van der Waals surface area (Å²) in [4.78, 5) is 9.13. The molecule has 0 aromatic carbocycles. The topological polar surface area (TPSA) is 78.0 Å². The molecule has 0 radical (unpaired) electrons. The highest BCUT2D eigenvalue weighted by molar-refractivity contribution is 7.89. The molecule has 3 heterocycles. The van der Waals surface area contributed by atoms with Crippen molar-refractivity contribution >= 4 is 15.8 Å². The average Bonchev–Trinajstić information content (AvgIpc) is 2.65. The molecule has 2 aliphatic heterocycles. The van der Waals surface area contributed by atoms with Crippen LogP contribution in [0.2, 0.25) is 0 Å². The molecule has 3 rings (SSSR count). The van der Waals surface area contributed by atoms with Crippen molar-refractivity contribution in [3.63, 3.8) is 0 Å². The molecule has 1 N–H and O–H groups in total. The molecule has 0 saturated carbocycles. The Labute approximate surface area is 168 Å². The first-order chi connectivity index (χ1) is 13.3. The molecule has 2 aliphatic rings. The van der Waals surface area contributed by atoms with E-state index in [2.05, 4.69) is 33.9 Å². The Hall–Kier alpha value is -1.26. The van der Waals surface area contributed by atoms with Gasteiger partial charge < -0.3 is 15.0 Å². The van der Waals surface area contributed by atoms with Gasteiger partial charge in [0.2, 0.25) is 10.0 Å². The van der Waals surface area contributed by atoms with Crippen LogP contribution in [0.1, 0.15) is 20.3 Å². The first kappa shape index (κ1) is 21.4. The number of rotatable bonds is 7. The summed E-state index contributed by atoms with van der Waals surface area (Å²) in [5.41, 5.74) is 0. The fourth-order valence-electron chi connectivity index (χ4n) is 3.80. The highest BCUT2D eigenvalue weighted by atomic mass is 32.2. The third-order valence-electron chi connectivity index (χ3n) is 5.29. The van der Waals surface area contributed by atoms with E-state index < -0.39 is 10.0 Å². The minimum atomic E-state index is -3.45. The molecule has 0 amide bonds. The maximum absolute atomic E-state index is 12.7. The Morgan fingerprint density at radius 3 is 2.43 bits per heavy atom. The van der Waals surface area contributed by atoms with Crippen LogP contribution in [0.15, 0.2) is 23.2 Å². The number of piperazine rings is 1. The fourth-order valence-corrected chi connectivity index (χ4v) is 5.17. The van der Waals surface area contributed by atoms with Gasteiger partial charge in [-0.25, -0.2) is 13.4 Å². The molecule has 0 spiro atoms. The quantitative estimate of drug-likeness (QED) is 0.669. The molecular weight excluding hydrogens is 378 g/mol. The summed E-state index contributed by atoms with van der Waals surface area (Å²) >= 11 is 0. The van der Waals surface area contributed by atoms with Gasteiger partial charge in [0.25, 0.3) is 0 Å². The smallest absolute Gasteiger partial charge is 0.244 e. The van der Waals surface area contributed by atoms with Gasteiger partial charge in [-0.1, -0.05) is 0 Å². The van der Waals surface area contributed by atoms with Crippen molar-refractivity contribution in [2.75, 3.05) is 64.7 Å². The van der Waals surface area contributed by atoms with Crippen molar-refractivity contribution in [1.29, 1.82) is 0 Å². The summed E-state index contributed by atoms with van der Waals surface area (Å²) in [6.45, 7) is 10.6. The number of anilines is 1. The lowest BCUT2D eigenvalue weighted by Crippen LogP contribution is -2.47. The summed E-state index contributed by atoms with van der Waals surface area (Å²) < 4.78 is 32.8. The molecule has 0 aliphatic carbocycles. The van der Waals surface area contributed by atoms with Crippen LogP contribution in [0, 0.1) is 0 Å². The van der Waals surface area contributed by atoms with Gasteiger partial charge in [-0.05, 0) is 39.4 Å². The van der Waals surface area contributed by atoms with E-state index in [4.69, 9.17) is 4.74 Å². The Balaban J connectivity index is 1.45. The van der Waals surface area contributed by atoms with Crippen molar-refractivity contribution < 1.29 is 13.2 Å². The number of hydrogen-bond donors (Lipinski definition) is 1. The van der Waals surface area contributed by atoms with Gasteiger partial charge in [-0.3, -0.25) is 4.90 Å². The van der Waals surface area contributed by atoms with Crippen LogP contribution in [0.3, 0.4) is 0 Å². The van der Waals surface area contributed by atoms with Crippen LogP contribution < -0.4 is 5.32 Å². The Morgan fingerprint density at radius 2 is 1.82 bits per heavy atom. The van der Waals surface area contributed by atoms with Crippen LogP contribution in [0.5, 0.6) is 0 Å². The second-order valence-corrected chi connectivity index (χ2v) is 9.82. The van der Waals surface area contributed by atoms with Gasteiger partial charge in [0, 0.05) is 58.6 Å². The van der Waals surface area contributed by atoms with Gasteiger partial charge in [-0.15, -0.1) is 0 Å². The lowest BCUT2D eigenvalue weighted by molar-refractivity contribution is -0.0678. The van der Waals surface area contributed by atoms with Gasteiger partial charge in [0.05, 0.1) is 12.2 Å². The van der Waals surface area contributed by atoms with Gasteiger partial charge in [0.15, 0.2) is 0 Å². The number of hydrogen-bond acceptors (Lipinski definition) is 7. The van der Waals surface area contributed by atoms with Crippen molar-refractivity contribution in [2.24, 2.45) is 0 Å². The second kappa shape index (κ2) is 9.49. The zero-order valence-electron chi connectivity index (χ0n) is 17.2. The minimum Gasteiger partial charge on any atom is -0.373 e. The lowest BCUT2D eigenvalue weighted by atomic mass is 10.2. The number of ether oxygens (including phenoxy) is 1. The average molecular weight is 412 g/mol. The molecule has 28 heavy (non-hydrogen) atoms. The number of sulfonamides is 1. The Bertz CT molecular complexity index is 710. The second-order valence-electron chi connectivity index (χ2n) is 7.88. The minimum absolute atomic E-state index is 0.263. The van der Waals surface area contributed by atoms with Crippen LogP contribution in [0.25, 0.3) is 0 Å². The third kappa shape index (κ3) is 5.64. The summed E-state index contributed by atoms with van der Waals surface area (Å²) in [7, 11) is -1.45. The van der Waals surface area contributed by atoms with Crippen LogP contribution >= 0.6 is 0 Å². The van der Waals surface area contributed by atoms with E-state index in [1.807, 2.05) is 7.05 Å². The molecule has 1 aromatic heterocycles. The van der Waals surface area contributed by atoms with E-state index in [-0.39, 0.29) is 17.1 Å². The summed E-state index contributed by atoms with van der Waals surface area (Å²) in [6.07, 6.45) is 3.03. The summed E-state index contributed by atoms with van der Waals surface area (Å²) in [5, 5.41) is 3.29. The number of morpholine rings is 1. The number of nitrogens with one attached hydrogen (secondary N) is 1. The highest BCUT2D eigenvalue weighted by Crippen LogP contribution is 2.18. The van der Waals surface area contributed by atoms with Gasteiger partial charge in [-0.2, -0.15) is 4.31 Å². The molecule has 158 valence electrons. The molecule has 0 bridgehead atoms. The van der Waals surface area contributed by atoms with E-state index >= 15 is 0 Å². The maximum Gasteiger partial charge on any atom is 0.244 e. The predicted molar refractivity (Wildman–Crippen MR) is 110 cm³/mol. The highest BCUT2D eigenvalue weighted by Gasteiger charge is 2.27. The molecule has 2 saturated heterocycles. The van der Waals surface area contributed by atoms with E-state index in [0.29, 0.717) is 18.9 Å². The number of nitrogens with zero attached hydrogens (tertiary/aromatic N) is 4.